The molecule has 0 radical (unpaired) electrons. The Labute approximate surface area is 124 Å². The Bertz CT molecular complexity index is 701. The van der Waals surface area contributed by atoms with Crippen molar-refractivity contribution in [2.45, 2.75) is 26.7 Å². The van der Waals surface area contributed by atoms with E-state index in [1.807, 2.05) is 32.0 Å². The molecule has 0 aliphatic rings. The van der Waals surface area contributed by atoms with Crippen LogP contribution in [0.1, 0.15) is 45.5 Å². The predicted octanol–water partition coefficient (Wildman–Crippen LogP) is 3.72. The van der Waals surface area contributed by atoms with Gasteiger partial charge in [0.25, 0.3) is 0 Å². The number of hydrogen-bond acceptors (Lipinski definition) is 2. The molecule has 3 heteroatoms. The van der Waals surface area contributed by atoms with Crippen LogP contribution in [0, 0.1) is 13.8 Å². The number of carboxylic acid groups (broad SMARTS) is 1. The number of carbonyl (C=O) groups is 2. The summed E-state index contributed by atoms with van der Waals surface area (Å²) in [6.07, 6.45) is 0. The van der Waals surface area contributed by atoms with Crippen molar-refractivity contribution in [1.29, 1.82) is 0 Å². The first-order valence-electron chi connectivity index (χ1n) is 6.85. The lowest BCUT2D eigenvalue weighted by molar-refractivity contribution is -0.138. The first-order chi connectivity index (χ1) is 9.90. The summed E-state index contributed by atoms with van der Waals surface area (Å²) in [7, 11) is 0. The highest BCUT2D eigenvalue weighted by atomic mass is 16.4. The molecule has 0 aliphatic carbocycles. The van der Waals surface area contributed by atoms with Gasteiger partial charge in [0, 0.05) is 11.1 Å². The Morgan fingerprint density at radius 2 is 1.76 bits per heavy atom. The summed E-state index contributed by atoms with van der Waals surface area (Å²) in [6, 6.07) is 12.5. The van der Waals surface area contributed by atoms with E-state index in [-0.39, 0.29) is 5.78 Å². The maximum atomic E-state index is 12.6. The number of benzene rings is 2. The molecule has 0 saturated heterocycles. The van der Waals surface area contributed by atoms with Gasteiger partial charge in [-0.25, -0.2) is 0 Å². The molecule has 0 heterocycles. The monoisotopic (exact) mass is 282 g/mol. The van der Waals surface area contributed by atoms with E-state index >= 15 is 0 Å². The molecule has 0 fully saturated rings. The minimum absolute atomic E-state index is 0.0769. The van der Waals surface area contributed by atoms with E-state index in [9.17, 15) is 9.59 Å². The summed E-state index contributed by atoms with van der Waals surface area (Å²) in [4.78, 5) is 23.6. The maximum Gasteiger partial charge on any atom is 0.310 e. The Morgan fingerprint density at radius 1 is 1.05 bits per heavy atom. The Morgan fingerprint density at radius 3 is 2.38 bits per heavy atom. The molecule has 2 rings (SSSR count). The van der Waals surface area contributed by atoms with Crippen molar-refractivity contribution in [2.75, 3.05) is 0 Å². The van der Waals surface area contributed by atoms with Gasteiger partial charge >= 0.3 is 5.97 Å². The van der Waals surface area contributed by atoms with E-state index in [1.54, 1.807) is 31.2 Å². The molecule has 2 aromatic rings. The highest BCUT2D eigenvalue weighted by molar-refractivity contribution is 6.10. The summed E-state index contributed by atoms with van der Waals surface area (Å²) in [5.74, 6) is -1.60. The van der Waals surface area contributed by atoms with E-state index in [1.165, 1.54) is 0 Å². The van der Waals surface area contributed by atoms with Crippen LogP contribution in [0.5, 0.6) is 0 Å². The van der Waals surface area contributed by atoms with Gasteiger partial charge in [0.05, 0.1) is 5.92 Å². The number of aliphatic carboxylic acids is 1. The number of carbonyl (C=O) groups excluding carboxylic acids is 1. The molecular formula is C18H18O3. The smallest absolute Gasteiger partial charge is 0.310 e. The average molecular weight is 282 g/mol. The zero-order valence-corrected chi connectivity index (χ0v) is 12.4. The molecule has 0 bridgehead atoms. The topological polar surface area (TPSA) is 54.4 Å². The fraction of sp³-hybridized carbons (Fsp3) is 0.222. The molecule has 2 aromatic carbocycles. The second-order valence-electron chi connectivity index (χ2n) is 5.33. The van der Waals surface area contributed by atoms with E-state index in [4.69, 9.17) is 5.11 Å². The lowest BCUT2D eigenvalue weighted by Crippen LogP contribution is -2.09. The quantitative estimate of drug-likeness (QED) is 0.869. The molecule has 21 heavy (non-hydrogen) atoms. The van der Waals surface area contributed by atoms with Gasteiger partial charge in [0.1, 0.15) is 0 Å². The van der Waals surface area contributed by atoms with Gasteiger partial charge < -0.3 is 5.11 Å². The van der Waals surface area contributed by atoms with Crippen molar-refractivity contribution in [1.82, 2.24) is 0 Å². The van der Waals surface area contributed by atoms with Crippen LogP contribution < -0.4 is 0 Å². The third-order valence-corrected chi connectivity index (χ3v) is 3.65. The normalized spacial score (nSPS) is 12.0. The van der Waals surface area contributed by atoms with E-state index in [0.717, 1.165) is 11.1 Å². The second kappa shape index (κ2) is 5.92. The van der Waals surface area contributed by atoms with Crippen LogP contribution >= 0.6 is 0 Å². The van der Waals surface area contributed by atoms with Gasteiger partial charge in [-0.1, -0.05) is 42.0 Å². The number of aryl methyl sites for hydroxylation is 2. The molecular weight excluding hydrogens is 264 g/mol. The van der Waals surface area contributed by atoms with Crippen LogP contribution in [0.3, 0.4) is 0 Å². The number of ketones is 1. The van der Waals surface area contributed by atoms with Gasteiger partial charge in [-0.05, 0) is 38.0 Å². The van der Waals surface area contributed by atoms with Crippen LogP contribution in [0.25, 0.3) is 0 Å². The molecule has 1 unspecified atom stereocenters. The first-order valence-corrected chi connectivity index (χ1v) is 6.85. The Balaban J connectivity index is 2.40. The summed E-state index contributed by atoms with van der Waals surface area (Å²) >= 11 is 0. The van der Waals surface area contributed by atoms with Gasteiger partial charge in [0.2, 0.25) is 0 Å². The highest BCUT2D eigenvalue weighted by Crippen LogP contribution is 2.20. The lowest BCUT2D eigenvalue weighted by Gasteiger charge is -2.10. The van der Waals surface area contributed by atoms with Crippen molar-refractivity contribution in [2.24, 2.45) is 0 Å². The standard InChI is InChI=1S/C18H18O3/c1-11-7-8-16(12(2)9-11)17(19)15-6-4-5-14(10-15)13(3)18(20)21/h4-10,13H,1-3H3,(H,20,21). The molecule has 0 amide bonds. The SMILES string of the molecule is Cc1ccc(C(=O)c2cccc(C(C)C(=O)O)c2)c(C)c1. The predicted molar refractivity (Wildman–Crippen MR) is 81.8 cm³/mol. The largest absolute Gasteiger partial charge is 0.481 e. The van der Waals surface area contributed by atoms with Gasteiger partial charge in [0.15, 0.2) is 5.78 Å². The summed E-state index contributed by atoms with van der Waals surface area (Å²) < 4.78 is 0. The third kappa shape index (κ3) is 3.19. The number of carboxylic acids is 1. The highest BCUT2D eigenvalue weighted by Gasteiger charge is 2.17. The van der Waals surface area contributed by atoms with Crippen LogP contribution in [0.2, 0.25) is 0 Å². The van der Waals surface area contributed by atoms with Gasteiger partial charge in [-0.2, -0.15) is 0 Å². The molecule has 108 valence electrons. The van der Waals surface area contributed by atoms with Crippen LogP contribution in [-0.2, 0) is 4.79 Å². The first kappa shape index (κ1) is 15.0. The van der Waals surface area contributed by atoms with Gasteiger partial charge in [-0.3, -0.25) is 9.59 Å². The lowest BCUT2D eigenvalue weighted by atomic mass is 9.94. The molecule has 0 aliphatic heterocycles. The minimum Gasteiger partial charge on any atom is -0.481 e. The minimum atomic E-state index is -0.897. The van der Waals surface area contributed by atoms with E-state index < -0.39 is 11.9 Å². The fourth-order valence-corrected chi connectivity index (χ4v) is 2.32. The van der Waals surface area contributed by atoms with Crippen LogP contribution in [0.15, 0.2) is 42.5 Å². The zero-order valence-electron chi connectivity index (χ0n) is 12.4. The average Bonchev–Trinajstić information content (AvgIpc) is 2.46. The molecule has 0 aromatic heterocycles. The fourth-order valence-electron chi connectivity index (χ4n) is 2.32. The Hall–Kier alpha value is -2.42. The number of rotatable bonds is 4. The molecule has 0 saturated carbocycles. The van der Waals surface area contributed by atoms with Crippen molar-refractivity contribution in [3.8, 4) is 0 Å². The number of hydrogen-bond donors (Lipinski definition) is 1. The van der Waals surface area contributed by atoms with E-state index in [0.29, 0.717) is 16.7 Å². The summed E-state index contributed by atoms with van der Waals surface area (Å²) in [5, 5.41) is 9.07. The van der Waals surface area contributed by atoms with Crippen LogP contribution in [-0.4, -0.2) is 16.9 Å². The van der Waals surface area contributed by atoms with Crippen molar-refractivity contribution in [3.63, 3.8) is 0 Å². The molecule has 0 spiro atoms. The van der Waals surface area contributed by atoms with Crippen molar-refractivity contribution < 1.29 is 14.7 Å². The summed E-state index contributed by atoms with van der Waals surface area (Å²) in [6.45, 7) is 5.50. The van der Waals surface area contributed by atoms with Gasteiger partial charge in [-0.15, -0.1) is 0 Å². The molecule has 1 N–H and O–H groups in total. The molecule has 1 atom stereocenters. The zero-order chi connectivity index (χ0) is 15.6. The van der Waals surface area contributed by atoms with Crippen LogP contribution in [0.4, 0.5) is 0 Å². The third-order valence-electron chi connectivity index (χ3n) is 3.65. The maximum absolute atomic E-state index is 12.6. The summed E-state index contributed by atoms with van der Waals surface area (Å²) in [5.41, 5.74) is 3.85. The Kier molecular flexibility index (Phi) is 4.22. The van der Waals surface area contributed by atoms with Crippen molar-refractivity contribution in [3.05, 3.63) is 70.3 Å². The second-order valence-corrected chi connectivity index (χ2v) is 5.33. The molecule has 3 nitrogen and oxygen atoms in total. The van der Waals surface area contributed by atoms with Crippen molar-refractivity contribution >= 4 is 11.8 Å². The van der Waals surface area contributed by atoms with E-state index in [2.05, 4.69) is 0 Å².